The van der Waals surface area contributed by atoms with Crippen molar-refractivity contribution in [2.24, 2.45) is 17.8 Å². The number of aromatic amines is 1. The number of fused-ring (bicyclic) bond motifs is 1. The number of ether oxygens (including phenoxy) is 1. The zero-order valence-electron chi connectivity index (χ0n) is 19.1. The molecule has 3 atom stereocenters. The molecule has 1 amide bonds. The zero-order valence-corrected chi connectivity index (χ0v) is 19.1. The van der Waals surface area contributed by atoms with Crippen LogP contribution in [0.1, 0.15) is 68.3 Å². The molecule has 2 aromatic rings. The van der Waals surface area contributed by atoms with Crippen LogP contribution in [-0.2, 0) is 9.59 Å². The van der Waals surface area contributed by atoms with E-state index in [1.54, 1.807) is 0 Å². The normalized spacial score (nSPS) is 20.1. The third-order valence-electron chi connectivity index (χ3n) is 6.93. The molecule has 2 fully saturated rings. The summed E-state index contributed by atoms with van der Waals surface area (Å²) < 4.78 is 5.50. The zero-order chi connectivity index (χ0) is 23.4. The van der Waals surface area contributed by atoms with Gasteiger partial charge in [-0.15, -0.1) is 0 Å². The lowest BCUT2D eigenvalue weighted by molar-refractivity contribution is -0.127. The van der Waals surface area contributed by atoms with Gasteiger partial charge in [0, 0.05) is 35.6 Å². The Balaban J connectivity index is 1.46. The highest BCUT2D eigenvalue weighted by Crippen LogP contribution is 2.38. The van der Waals surface area contributed by atoms with Gasteiger partial charge in [0.15, 0.2) is 11.5 Å². The first-order chi connectivity index (χ1) is 16.0. The van der Waals surface area contributed by atoms with Gasteiger partial charge in [-0.25, -0.2) is 0 Å². The molecule has 1 heterocycles. The maximum Gasteiger partial charge on any atom is 0.224 e. The molecular weight excluding hydrogens is 418 g/mol. The summed E-state index contributed by atoms with van der Waals surface area (Å²) >= 11 is 0. The minimum atomic E-state index is -0.719. The third kappa shape index (κ3) is 5.44. The number of benzene rings is 1. The van der Waals surface area contributed by atoms with E-state index in [-0.39, 0.29) is 29.8 Å². The Morgan fingerprint density at radius 1 is 1.21 bits per heavy atom. The van der Waals surface area contributed by atoms with Gasteiger partial charge >= 0.3 is 0 Å². The number of amides is 1. The number of para-hydroxylation sites is 1. The molecule has 174 valence electrons. The Kier molecular flexibility index (Phi) is 7.12. The Labute approximate surface area is 193 Å². The molecule has 4 rings (SSSR count). The van der Waals surface area contributed by atoms with Gasteiger partial charge in [-0.05, 0) is 43.7 Å². The van der Waals surface area contributed by atoms with E-state index in [1.165, 1.54) is 7.11 Å². The largest absolute Gasteiger partial charge is 0.494 e. The van der Waals surface area contributed by atoms with Gasteiger partial charge in [-0.1, -0.05) is 31.4 Å². The van der Waals surface area contributed by atoms with E-state index in [0.29, 0.717) is 36.6 Å². The molecule has 7 heteroatoms. The number of H-pyrrole nitrogens is 1. The van der Waals surface area contributed by atoms with Crippen molar-refractivity contribution in [1.29, 1.82) is 5.26 Å². The topological polar surface area (TPSA) is 112 Å². The molecular formula is C26H31N3O4. The van der Waals surface area contributed by atoms with Crippen molar-refractivity contribution in [3.05, 3.63) is 30.0 Å². The fourth-order valence-electron chi connectivity index (χ4n) is 4.91. The Morgan fingerprint density at radius 3 is 2.70 bits per heavy atom. The second-order valence-corrected chi connectivity index (χ2v) is 9.42. The second kappa shape index (κ2) is 10.2. The molecule has 2 aliphatic rings. The lowest BCUT2D eigenvalue weighted by Crippen LogP contribution is -2.41. The van der Waals surface area contributed by atoms with Gasteiger partial charge in [-0.3, -0.25) is 14.4 Å². The number of rotatable bonds is 10. The average Bonchev–Trinajstić information content (AvgIpc) is 3.56. The summed E-state index contributed by atoms with van der Waals surface area (Å²) in [6, 6.07) is 8.97. The first-order valence-corrected chi connectivity index (χ1v) is 11.9. The summed E-state index contributed by atoms with van der Waals surface area (Å²) in [4.78, 5) is 41.7. The highest BCUT2D eigenvalue weighted by Gasteiger charge is 2.34. The van der Waals surface area contributed by atoms with Crippen LogP contribution in [-0.4, -0.2) is 35.6 Å². The SMILES string of the molecule is COc1c(C(=O)C[C@@H](CC2CC2)C(=O)N[C@H](C#N)C[C@@H]2CCCCC2=O)[nH]c2ccccc12. The van der Waals surface area contributed by atoms with Crippen LogP contribution in [0.25, 0.3) is 10.9 Å². The van der Waals surface area contributed by atoms with Crippen LogP contribution < -0.4 is 10.1 Å². The van der Waals surface area contributed by atoms with Crippen LogP contribution >= 0.6 is 0 Å². The van der Waals surface area contributed by atoms with Gasteiger partial charge in [0.2, 0.25) is 5.91 Å². The van der Waals surface area contributed by atoms with Crippen LogP contribution in [0.15, 0.2) is 24.3 Å². The van der Waals surface area contributed by atoms with Crippen molar-refractivity contribution in [3.63, 3.8) is 0 Å². The Hall–Kier alpha value is -3.14. The lowest BCUT2D eigenvalue weighted by Gasteiger charge is -2.24. The fraction of sp³-hybridized carbons (Fsp3) is 0.538. The molecule has 0 bridgehead atoms. The summed E-state index contributed by atoms with van der Waals surface area (Å²) in [5, 5.41) is 13.3. The molecule has 0 spiro atoms. The Bertz CT molecular complexity index is 1080. The standard InChI is InChI=1S/C26H31N3O4/c1-33-25-20-7-3-4-8-21(20)29-24(25)23(31)14-18(12-16-10-11-16)26(32)28-19(15-27)13-17-6-2-5-9-22(17)30/h3-4,7-8,16-19,29H,2,5-6,9-14H2,1H3,(H,28,32)/t17-,18+,19-/m0/s1. The smallest absolute Gasteiger partial charge is 0.224 e. The highest BCUT2D eigenvalue weighted by molar-refractivity contribution is 6.05. The van der Waals surface area contributed by atoms with Crippen molar-refractivity contribution < 1.29 is 19.1 Å². The number of Topliss-reactive ketones (excluding diaryl/α,β-unsaturated/α-hetero) is 2. The maximum absolute atomic E-state index is 13.2. The number of nitrogens with zero attached hydrogens (tertiary/aromatic N) is 1. The molecule has 2 aliphatic carbocycles. The lowest BCUT2D eigenvalue weighted by atomic mass is 9.83. The maximum atomic E-state index is 13.2. The van der Waals surface area contributed by atoms with Gasteiger partial charge in [-0.2, -0.15) is 5.26 Å². The van der Waals surface area contributed by atoms with E-state index in [1.807, 2.05) is 24.3 Å². The second-order valence-electron chi connectivity index (χ2n) is 9.42. The van der Waals surface area contributed by atoms with Gasteiger partial charge in [0.1, 0.15) is 17.5 Å². The number of methoxy groups -OCH3 is 1. The van der Waals surface area contributed by atoms with Crippen molar-refractivity contribution >= 4 is 28.4 Å². The summed E-state index contributed by atoms with van der Waals surface area (Å²) in [6.45, 7) is 0. The van der Waals surface area contributed by atoms with Gasteiger partial charge in [0.05, 0.1) is 13.2 Å². The third-order valence-corrected chi connectivity index (χ3v) is 6.93. The number of carbonyl (C=O) groups excluding carboxylic acids is 3. The van der Waals surface area contributed by atoms with Crippen LogP contribution in [0.3, 0.4) is 0 Å². The van der Waals surface area contributed by atoms with E-state index in [9.17, 15) is 19.6 Å². The average molecular weight is 450 g/mol. The number of carbonyl (C=O) groups is 3. The van der Waals surface area contributed by atoms with Crippen LogP contribution in [0.2, 0.25) is 0 Å². The van der Waals surface area contributed by atoms with E-state index < -0.39 is 12.0 Å². The van der Waals surface area contributed by atoms with E-state index in [4.69, 9.17) is 4.74 Å². The molecule has 0 radical (unpaired) electrons. The summed E-state index contributed by atoms with van der Waals surface area (Å²) in [5.74, 6) is -0.0151. The first kappa shape index (κ1) is 23.0. The molecule has 2 saturated carbocycles. The fourth-order valence-corrected chi connectivity index (χ4v) is 4.91. The molecule has 2 N–H and O–H groups in total. The first-order valence-electron chi connectivity index (χ1n) is 11.9. The molecule has 0 aliphatic heterocycles. The minimum absolute atomic E-state index is 0.0476. The minimum Gasteiger partial charge on any atom is -0.494 e. The predicted molar refractivity (Wildman–Crippen MR) is 124 cm³/mol. The van der Waals surface area contributed by atoms with Crippen LogP contribution in [0.5, 0.6) is 5.75 Å². The summed E-state index contributed by atoms with van der Waals surface area (Å²) in [5.41, 5.74) is 1.18. The number of ketones is 2. The summed E-state index contributed by atoms with van der Waals surface area (Å²) in [6.07, 6.45) is 6.36. The number of hydrogen-bond donors (Lipinski definition) is 2. The van der Waals surface area contributed by atoms with Crippen molar-refractivity contribution in [3.8, 4) is 11.8 Å². The molecule has 0 unspecified atom stereocenters. The Morgan fingerprint density at radius 2 is 2.00 bits per heavy atom. The van der Waals surface area contributed by atoms with E-state index in [0.717, 1.165) is 43.0 Å². The van der Waals surface area contributed by atoms with E-state index in [2.05, 4.69) is 16.4 Å². The number of hydrogen-bond acceptors (Lipinski definition) is 5. The molecule has 33 heavy (non-hydrogen) atoms. The van der Waals surface area contributed by atoms with Gasteiger partial charge < -0.3 is 15.0 Å². The highest BCUT2D eigenvalue weighted by atomic mass is 16.5. The molecule has 0 saturated heterocycles. The quantitative estimate of drug-likeness (QED) is 0.525. The monoisotopic (exact) mass is 449 g/mol. The van der Waals surface area contributed by atoms with Gasteiger partial charge in [0.25, 0.3) is 0 Å². The van der Waals surface area contributed by atoms with Crippen molar-refractivity contribution in [2.45, 2.75) is 63.8 Å². The number of aromatic nitrogens is 1. The molecule has 7 nitrogen and oxygen atoms in total. The van der Waals surface area contributed by atoms with E-state index >= 15 is 0 Å². The van der Waals surface area contributed by atoms with Crippen molar-refractivity contribution in [2.75, 3.05) is 7.11 Å². The number of nitrogens with one attached hydrogen (secondary N) is 2. The predicted octanol–water partition coefficient (Wildman–Crippen LogP) is 4.32. The van der Waals surface area contributed by atoms with Crippen LogP contribution in [0, 0.1) is 29.1 Å². The van der Waals surface area contributed by atoms with Crippen LogP contribution in [0.4, 0.5) is 0 Å². The summed E-state index contributed by atoms with van der Waals surface area (Å²) in [7, 11) is 1.53. The molecule has 1 aromatic heterocycles. The number of nitriles is 1. The van der Waals surface area contributed by atoms with Crippen molar-refractivity contribution in [1.82, 2.24) is 10.3 Å². The molecule has 1 aromatic carbocycles.